The fraction of sp³-hybridized carbons (Fsp3) is 0.294. The smallest absolute Gasteiger partial charge is 0.0400 e. The number of nitrogens with one attached hydrogen (secondary N) is 1. The average Bonchev–Trinajstić information content (AvgIpc) is 2.40. The van der Waals surface area contributed by atoms with E-state index in [1.165, 1.54) is 28.1 Å². The molecule has 0 aromatic heterocycles. The Morgan fingerprint density at radius 1 is 0.947 bits per heavy atom. The molecule has 2 nitrogen and oxygen atoms in total. The highest BCUT2D eigenvalue weighted by Crippen LogP contribution is 2.18. The van der Waals surface area contributed by atoms with Crippen molar-refractivity contribution in [3.63, 3.8) is 0 Å². The van der Waals surface area contributed by atoms with Gasteiger partial charge in [0.15, 0.2) is 0 Å². The molecule has 0 bridgehead atoms. The predicted octanol–water partition coefficient (Wildman–Crippen LogP) is 3.98. The Hall–Kier alpha value is -1.96. The second-order valence-electron chi connectivity index (χ2n) is 5.23. The van der Waals surface area contributed by atoms with Crippen LogP contribution < -0.4 is 10.2 Å². The van der Waals surface area contributed by atoms with Gasteiger partial charge in [0.2, 0.25) is 0 Å². The number of hydrogen-bond donors (Lipinski definition) is 1. The maximum Gasteiger partial charge on any atom is 0.0400 e. The van der Waals surface area contributed by atoms with Crippen LogP contribution in [0.3, 0.4) is 0 Å². The van der Waals surface area contributed by atoms with Crippen molar-refractivity contribution in [2.45, 2.75) is 20.4 Å². The number of rotatable bonds is 4. The molecule has 1 N–H and O–H groups in total. The summed E-state index contributed by atoms with van der Waals surface area (Å²) in [5, 5.41) is 3.51. The molecule has 2 rings (SSSR count). The van der Waals surface area contributed by atoms with Gasteiger partial charge < -0.3 is 10.2 Å². The molecular weight excluding hydrogens is 232 g/mol. The number of benzene rings is 2. The molecule has 0 fully saturated rings. The highest BCUT2D eigenvalue weighted by Gasteiger charge is 2.00. The van der Waals surface area contributed by atoms with Crippen LogP contribution in [0, 0.1) is 13.8 Å². The zero-order valence-electron chi connectivity index (χ0n) is 12.2. The van der Waals surface area contributed by atoms with Crippen molar-refractivity contribution < 1.29 is 0 Å². The molecule has 0 aliphatic heterocycles. The number of hydrogen-bond acceptors (Lipinski definition) is 2. The molecule has 100 valence electrons. The van der Waals surface area contributed by atoms with Gasteiger partial charge in [-0.3, -0.25) is 0 Å². The molecular formula is C17H22N2. The van der Waals surface area contributed by atoms with Crippen LogP contribution in [0.4, 0.5) is 11.4 Å². The summed E-state index contributed by atoms with van der Waals surface area (Å²) in [6.07, 6.45) is 0. The topological polar surface area (TPSA) is 15.3 Å². The fourth-order valence-corrected chi connectivity index (χ4v) is 2.04. The van der Waals surface area contributed by atoms with Gasteiger partial charge in [0.05, 0.1) is 0 Å². The summed E-state index contributed by atoms with van der Waals surface area (Å²) in [4.78, 5) is 2.11. The first-order valence-electron chi connectivity index (χ1n) is 6.63. The Labute approximate surface area is 116 Å². The minimum atomic E-state index is 0.859. The van der Waals surface area contributed by atoms with E-state index >= 15 is 0 Å². The number of aryl methyl sites for hydroxylation is 2. The van der Waals surface area contributed by atoms with Gasteiger partial charge in [0, 0.05) is 32.0 Å². The molecule has 0 radical (unpaired) electrons. The van der Waals surface area contributed by atoms with E-state index < -0.39 is 0 Å². The fourth-order valence-electron chi connectivity index (χ4n) is 2.04. The summed E-state index contributed by atoms with van der Waals surface area (Å²) < 4.78 is 0. The molecule has 2 heteroatoms. The van der Waals surface area contributed by atoms with Crippen molar-refractivity contribution in [2.75, 3.05) is 24.3 Å². The second-order valence-corrected chi connectivity index (χ2v) is 5.23. The molecule has 0 spiro atoms. The zero-order chi connectivity index (χ0) is 13.8. The van der Waals surface area contributed by atoms with Crippen molar-refractivity contribution in [1.82, 2.24) is 0 Å². The van der Waals surface area contributed by atoms with Crippen molar-refractivity contribution in [3.8, 4) is 0 Å². The van der Waals surface area contributed by atoms with Gasteiger partial charge in [0.25, 0.3) is 0 Å². The van der Waals surface area contributed by atoms with Crippen molar-refractivity contribution >= 4 is 11.4 Å². The van der Waals surface area contributed by atoms with E-state index in [1.807, 2.05) is 0 Å². The molecule has 0 atom stereocenters. The average molecular weight is 254 g/mol. The normalized spacial score (nSPS) is 10.3. The lowest BCUT2D eigenvalue weighted by Crippen LogP contribution is -2.08. The lowest BCUT2D eigenvalue weighted by Gasteiger charge is -2.14. The van der Waals surface area contributed by atoms with Crippen LogP contribution in [0.25, 0.3) is 0 Å². The number of anilines is 2. The summed E-state index contributed by atoms with van der Waals surface area (Å²) in [7, 11) is 4.12. The van der Waals surface area contributed by atoms with E-state index in [1.54, 1.807) is 0 Å². The molecule has 19 heavy (non-hydrogen) atoms. The lowest BCUT2D eigenvalue weighted by molar-refractivity contribution is 1.11. The first-order chi connectivity index (χ1) is 9.06. The first kappa shape index (κ1) is 13.5. The minimum absolute atomic E-state index is 0.859. The maximum atomic E-state index is 3.51. The van der Waals surface area contributed by atoms with Crippen molar-refractivity contribution in [3.05, 3.63) is 59.2 Å². The SMILES string of the molecule is Cc1ccc(C)c(NCc2ccc(N(C)C)cc2)c1. The van der Waals surface area contributed by atoms with Crippen LogP contribution in [-0.2, 0) is 6.54 Å². The van der Waals surface area contributed by atoms with Gasteiger partial charge >= 0.3 is 0 Å². The molecule has 2 aromatic carbocycles. The predicted molar refractivity (Wildman–Crippen MR) is 84.0 cm³/mol. The van der Waals surface area contributed by atoms with Gasteiger partial charge in [-0.05, 0) is 48.7 Å². The third-order valence-electron chi connectivity index (χ3n) is 3.33. The molecule has 0 saturated carbocycles. The van der Waals surface area contributed by atoms with Gasteiger partial charge in [-0.25, -0.2) is 0 Å². The van der Waals surface area contributed by atoms with Crippen LogP contribution in [0.2, 0.25) is 0 Å². The molecule has 0 heterocycles. The molecule has 0 saturated heterocycles. The maximum absolute atomic E-state index is 3.51. The number of nitrogens with zero attached hydrogens (tertiary/aromatic N) is 1. The monoisotopic (exact) mass is 254 g/mol. The molecule has 0 unspecified atom stereocenters. The summed E-state index contributed by atoms with van der Waals surface area (Å²) in [5.41, 5.74) is 6.32. The quantitative estimate of drug-likeness (QED) is 0.887. The van der Waals surface area contributed by atoms with Crippen LogP contribution >= 0.6 is 0 Å². The molecule has 0 aliphatic carbocycles. The summed E-state index contributed by atoms with van der Waals surface area (Å²) in [6.45, 7) is 5.12. The van der Waals surface area contributed by atoms with E-state index in [9.17, 15) is 0 Å². The Morgan fingerprint density at radius 2 is 1.63 bits per heavy atom. The van der Waals surface area contributed by atoms with E-state index in [0.717, 1.165) is 6.54 Å². The minimum Gasteiger partial charge on any atom is -0.381 e. The van der Waals surface area contributed by atoms with Gasteiger partial charge in [-0.2, -0.15) is 0 Å². The second kappa shape index (κ2) is 5.79. The van der Waals surface area contributed by atoms with Crippen LogP contribution in [0.5, 0.6) is 0 Å². The molecule has 0 amide bonds. The standard InChI is InChI=1S/C17H22N2/c1-13-5-6-14(2)17(11-13)18-12-15-7-9-16(10-8-15)19(3)4/h5-11,18H,12H2,1-4H3. The van der Waals surface area contributed by atoms with E-state index in [0.29, 0.717) is 0 Å². The van der Waals surface area contributed by atoms with E-state index in [4.69, 9.17) is 0 Å². The Balaban J connectivity index is 2.04. The zero-order valence-corrected chi connectivity index (χ0v) is 12.2. The van der Waals surface area contributed by atoms with Gasteiger partial charge in [-0.1, -0.05) is 24.3 Å². The lowest BCUT2D eigenvalue weighted by atomic mass is 10.1. The van der Waals surface area contributed by atoms with E-state index in [2.05, 4.69) is 80.6 Å². The van der Waals surface area contributed by atoms with Crippen LogP contribution in [0.15, 0.2) is 42.5 Å². The third-order valence-corrected chi connectivity index (χ3v) is 3.33. The van der Waals surface area contributed by atoms with Crippen LogP contribution in [-0.4, -0.2) is 14.1 Å². The Morgan fingerprint density at radius 3 is 2.26 bits per heavy atom. The Bertz CT molecular complexity index is 542. The molecule has 0 aliphatic rings. The van der Waals surface area contributed by atoms with Crippen LogP contribution in [0.1, 0.15) is 16.7 Å². The summed E-state index contributed by atoms with van der Waals surface area (Å²) >= 11 is 0. The highest BCUT2D eigenvalue weighted by molar-refractivity contribution is 5.53. The Kier molecular flexibility index (Phi) is 4.10. The van der Waals surface area contributed by atoms with E-state index in [-0.39, 0.29) is 0 Å². The van der Waals surface area contributed by atoms with Crippen molar-refractivity contribution in [2.24, 2.45) is 0 Å². The molecule has 2 aromatic rings. The largest absolute Gasteiger partial charge is 0.381 e. The van der Waals surface area contributed by atoms with Gasteiger partial charge in [0.1, 0.15) is 0 Å². The summed E-state index contributed by atoms with van der Waals surface area (Å²) in [5.74, 6) is 0. The van der Waals surface area contributed by atoms with Crippen molar-refractivity contribution in [1.29, 1.82) is 0 Å². The summed E-state index contributed by atoms with van der Waals surface area (Å²) in [6, 6.07) is 15.2. The first-order valence-corrected chi connectivity index (χ1v) is 6.63. The highest BCUT2D eigenvalue weighted by atomic mass is 15.1. The third kappa shape index (κ3) is 3.50. The van der Waals surface area contributed by atoms with Gasteiger partial charge in [-0.15, -0.1) is 0 Å².